The summed E-state index contributed by atoms with van der Waals surface area (Å²) in [5.41, 5.74) is 8.18. The number of rotatable bonds is 30. The third-order valence-electron chi connectivity index (χ3n) is 25.9. The van der Waals surface area contributed by atoms with Crippen LogP contribution < -0.4 is 81.0 Å². The molecule has 0 unspecified atom stereocenters. The summed E-state index contributed by atoms with van der Waals surface area (Å²) in [4.78, 5) is 52.3. The van der Waals surface area contributed by atoms with E-state index in [0.717, 1.165) is 126 Å². The van der Waals surface area contributed by atoms with Gasteiger partial charge in [-0.1, -0.05) is 48.0 Å². The van der Waals surface area contributed by atoms with E-state index in [4.69, 9.17) is 44.6 Å². The van der Waals surface area contributed by atoms with Crippen molar-refractivity contribution in [1.82, 2.24) is 64.0 Å². The van der Waals surface area contributed by atoms with Gasteiger partial charge in [0.1, 0.15) is 77.9 Å². The fourth-order valence-corrected chi connectivity index (χ4v) is 22.7. The average molecular weight is 2100 g/mol. The number of methoxy groups -OCH3 is 4. The van der Waals surface area contributed by atoms with Crippen molar-refractivity contribution in [2.24, 2.45) is 0 Å². The molecular weight excluding hydrogens is 1970 g/mol. The summed E-state index contributed by atoms with van der Waals surface area (Å²) in [7, 11) is 3.04. The normalized spacial score (nSPS) is 15.6. The highest BCUT2D eigenvalue weighted by atomic mass is 35.5. The quantitative estimate of drug-likeness (QED) is 0.0206. The van der Waals surface area contributed by atoms with Crippen LogP contribution in [-0.4, -0.2) is 271 Å². The number of nitrogens with zero attached hydrogens (tertiary/aromatic N) is 17. The van der Waals surface area contributed by atoms with Gasteiger partial charge in [0.15, 0.2) is 5.82 Å². The van der Waals surface area contributed by atoms with Crippen LogP contribution in [0.1, 0.15) is 67.3 Å². The summed E-state index contributed by atoms with van der Waals surface area (Å²) in [5, 5.41) is 19.2. The van der Waals surface area contributed by atoms with Crippen molar-refractivity contribution in [1.29, 1.82) is 0 Å². The third-order valence-corrected chi connectivity index (χ3v) is 32.8. The monoisotopic (exact) mass is 2090 g/mol. The van der Waals surface area contributed by atoms with Crippen molar-refractivity contribution in [3.05, 3.63) is 215 Å². The van der Waals surface area contributed by atoms with E-state index in [-0.39, 0.29) is 36.2 Å². The molecule has 4 fully saturated rings. The van der Waals surface area contributed by atoms with Crippen LogP contribution in [0, 0.1) is 0 Å². The number of benzene rings is 7. The molecule has 5 N–H and O–H groups in total. The first kappa shape index (κ1) is 109. The highest BCUT2D eigenvalue weighted by molar-refractivity contribution is 7.70. The molecule has 776 valence electrons. The first-order valence-corrected chi connectivity index (χ1v) is 57.9. The Kier molecular flexibility index (Phi) is 36.0. The van der Waals surface area contributed by atoms with Gasteiger partial charge in [-0.25, -0.2) is 19.9 Å². The number of hydrogen-bond acceptors (Lipinski definition) is 31. The molecule has 5 aromatic heterocycles. The molecule has 5 aliphatic heterocycles. The van der Waals surface area contributed by atoms with E-state index < -0.39 is 52.5 Å². The zero-order valence-corrected chi connectivity index (χ0v) is 89.0. The van der Waals surface area contributed by atoms with Gasteiger partial charge in [0, 0.05) is 199 Å². The van der Waals surface area contributed by atoms with Crippen molar-refractivity contribution < 1.29 is 72.6 Å². The van der Waals surface area contributed by atoms with Crippen molar-refractivity contribution in [2.45, 2.75) is 83.1 Å². The number of fused-ring (bicyclic) bond motifs is 2. The molecule has 0 atom stereocenters. The molecule has 17 rings (SSSR count). The summed E-state index contributed by atoms with van der Waals surface area (Å²) >= 11 is 6.51. The molecule has 0 saturated carbocycles. The molecule has 43 heteroatoms. The van der Waals surface area contributed by atoms with Crippen LogP contribution in [0.2, 0.25) is 5.02 Å². The molecule has 0 radical (unpaired) electrons. The molecule has 10 heterocycles. The Morgan fingerprint density at radius 2 is 0.959 bits per heavy atom. The minimum atomic E-state index is -4.59. The van der Waals surface area contributed by atoms with Gasteiger partial charge >= 0.3 is 19.9 Å². The Hall–Kier alpha value is -11.7. The third kappa shape index (κ3) is 28.4. The summed E-state index contributed by atoms with van der Waals surface area (Å²) in [5.74, 6) is 3.36. The van der Waals surface area contributed by atoms with Crippen LogP contribution in [0.15, 0.2) is 183 Å². The SMILES string of the molecule is CCOP(=O)(Cc1ccccc1Nc1nc(Nc2ccc(N3CCC(N4CCN(C)CC4)CC3)cc2OC)ncc1Cl)OCC.COc1cc(N2CCC(N3CCN(C)CC3)CC2)ccc1Nc1ncc2ccn(-c3ccccc3P(C)(C)=O)c2n1.COc1cc(P(C)(C)=O)ccc1Nc1ncc(C(F)(F)F)c(N(C)C)n1.COc1ccc2c(c1)CN(c1nc(Nc3ccc(P(C)(C)=O)cc3)ncc1C(F)(F)F)CC2. The number of halogens is 7. The molecule has 12 aromatic rings. The first-order valence-electron chi connectivity index (χ1n) is 48.0. The number of alkyl halides is 6. The number of piperidine rings is 2. The topological polar surface area (TPSA) is 318 Å². The lowest BCUT2D eigenvalue weighted by Crippen LogP contribution is -2.52. The van der Waals surface area contributed by atoms with E-state index in [0.29, 0.717) is 106 Å². The van der Waals surface area contributed by atoms with E-state index in [2.05, 4.69) is 129 Å². The summed E-state index contributed by atoms with van der Waals surface area (Å²) in [6, 6.07) is 48.6. The number of aromatic nitrogens is 9. The van der Waals surface area contributed by atoms with Gasteiger partial charge in [-0.3, -0.25) is 14.4 Å². The van der Waals surface area contributed by atoms with Crippen LogP contribution in [-0.2, 0) is 58.8 Å². The lowest BCUT2D eigenvalue weighted by atomic mass is 9.99. The van der Waals surface area contributed by atoms with Gasteiger partial charge in [-0.2, -0.15) is 46.3 Å². The molecule has 5 aliphatic rings. The van der Waals surface area contributed by atoms with Gasteiger partial charge < -0.3 is 102 Å². The number of anilines is 14. The largest absolute Gasteiger partial charge is 0.497 e. The maximum atomic E-state index is 13.8. The number of nitrogens with one attached hydrogen (secondary N) is 5. The smallest absolute Gasteiger partial charge is 0.421 e. The average Bonchev–Trinajstić information content (AvgIpc) is 1.73. The minimum absolute atomic E-state index is 0.0103. The van der Waals surface area contributed by atoms with Crippen molar-refractivity contribution in [2.75, 3.05) is 241 Å². The molecule has 32 nitrogen and oxygen atoms in total. The zero-order chi connectivity index (χ0) is 104. The van der Waals surface area contributed by atoms with Gasteiger partial charge in [0.05, 0.1) is 76.8 Å². The minimum Gasteiger partial charge on any atom is -0.497 e. The number of para-hydroxylation sites is 2. The Labute approximate surface area is 848 Å². The highest BCUT2D eigenvalue weighted by Gasteiger charge is 2.40. The standard InChI is InChI=1S/C32H45ClN7O4P.C31H40N7O2P.C23H24F3N4O2P.C16H20F3N4O2P/c1-5-43-45(41,44-6-2)23-24-9-7-8-10-28(24)35-31-27(33)22-34-32(37-31)36-29-12-11-26(21-30(29)42-4)39-15-13-25(14-16-39)40-19-17-38(3)18-20-40;1-35-17-19-37(20-18-35)24-12-14-36(15-13-24)25-9-10-26(28(21-25)40-2)33-31-32-22-23-11-16-38(30(23)34-31)27-7-5-6-8-29(27)41(3,4)39;1-32-18-7-4-15-10-11-30(14-16(15)12-18)21-20(23(24,25)26)13-27-22(29-21)28-17-5-8-19(9-6-17)33(2,3)31;1-23(2)14-11(16(17,18)19)9-20-15(22-14)21-12-7-6-10(26(4,5)24)8-13(12)25-3/h7-12,21-22,25H,5-6,13-20,23H2,1-4H3,(H2,34,35,36,37);5-11,16,21-22,24H,12-15,17-20H2,1-4H3,(H,32,33,34);4-9,12-13H,10-11,14H2,1-3H3,(H,27,28,29);6-9H,1-5H3,(H,20,21,22). The predicted octanol–water partition coefficient (Wildman–Crippen LogP) is 19.9. The molecule has 0 bridgehead atoms. The van der Waals surface area contributed by atoms with Crippen molar-refractivity contribution in [3.8, 4) is 28.7 Å². The van der Waals surface area contributed by atoms with Crippen LogP contribution in [0.25, 0.3) is 16.7 Å². The molecule has 0 spiro atoms. The van der Waals surface area contributed by atoms with Gasteiger partial charge in [0.2, 0.25) is 23.8 Å². The molecule has 145 heavy (non-hydrogen) atoms. The highest BCUT2D eigenvalue weighted by Crippen LogP contribution is 2.53. The van der Waals surface area contributed by atoms with E-state index in [1.54, 1.807) is 129 Å². The number of likely N-dealkylation sites (N-methyl/N-ethyl adjacent to an activating group) is 2. The molecule has 0 amide bonds. The number of ether oxygens (including phenoxy) is 4. The summed E-state index contributed by atoms with van der Waals surface area (Å²) in [6.45, 7) is 28.5. The molecule has 4 saturated heterocycles. The van der Waals surface area contributed by atoms with E-state index >= 15 is 0 Å². The van der Waals surface area contributed by atoms with Crippen LogP contribution in [0.5, 0.6) is 23.0 Å². The second kappa shape index (κ2) is 47.9. The predicted molar refractivity (Wildman–Crippen MR) is 571 cm³/mol. The molecular formula is C102H129ClF6N22O10P4. The second-order valence-corrected chi connectivity index (χ2v) is 49.4. The van der Waals surface area contributed by atoms with Crippen molar-refractivity contribution >= 4 is 149 Å². The molecule has 7 aromatic carbocycles. The van der Waals surface area contributed by atoms with Gasteiger partial charge in [0.25, 0.3) is 0 Å². The first-order chi connectivity index (χ1) is 69.1. The fourth-order valence-electron chi connectivity index (χ4n) is 18.0. The van der Waals surface area contributed by atoms with Crippen LogP contribution >= 0.6 is 40.6 Å². The zero-order valence-electron chi connectivity index (χ0n) is 84.7. The van der Waals surface area contributed by atoms with E-state index in [9.17, 15) is 44.6 Å². The number of hydrogen-bond donors (Lipinski definition) is 5. The Balaban J connectivity index is 0.000000156. The lowest BCUT2D eigenvalue weighted by Gasteiger charge is -2.42. The molecule has 0 aliphatic carbocycles. The van der Waals surface area contributed by atoms with Crippen LogP contribution in [0.4, 0.5) is 107 Å². The Bertz CT molecular complexity index is 6640. The van der Waals surface area contributed by atoms with Crippen LogP contribution in [0.3, 0.4) is 0 Å². The van der Waals surface area contributed by atoms with E-state index in [1.165, 1.54) is 83.7 Å². The Morgan fingerprint density at radius 3 is 1.49 bits per heavy atom. The summed E-state index contributed by atoms with van der Waals surface area (Å²) < 4.78 is 166. The number of piperazine rings is 2. The van der Waals surface area contributed by atoms with Crippen molar-refractivity contribution in [3.63, 3.8) is 0 Å². The van der Waals surface area contributed by atoms with Gasteiger partial charge in [-0.05, 0) is 220 Å². The maximum absolute atomic E-state index is 13.8. The fraction of sp³-hybridized carbons (Fsp3) is 0.412. The summed E-state index contributed by atoms with van der Waals surface area (Å²) in [6.07, 6.45) is 3.13. The van der Waals surface area contributed by atoms with E-state index in [1.807, 2.05) is 102 Å². The maximum Gasteiger partial charge on any atom is 0.421 e. The lowest BCUT2D eigenvalue weighted by molar-refractivity contribution is -0.138. The Morgan fingerprint density at radius 1 is 0.462 bits per heavy atom. The van der Waals surface area contributed by atoms with Gasteiger partial charge in [-0.15, -0.1) is 0 Å². The second-order valence-electron chi connectivity index (χ2n) is 37.3.